The van der Waals surface area contributed by atoms with Crippen molar-refractivity contribution in [1.29, 1.82) is 0 Å². The lowest BCUT2D eigenvalue weighted by Gasteiger charge is -2.29. The number of carbonyl (C=O) groups excluding carboxylic acids is 3. The van der Waals surface area contributed by atoms with E-state index < -0.39 is 12.1 Å². The van der Waals surface area contributed by atoms with Gasteiger partial charge in [0.2, 0.25) is 11.8 Å². The summed E-state index contributed by atoms with van der Waals surface area (Å²) in [6.45, 7) is 15.3. The molecule has 236 valence electrons. The maximum absolute atomic E-state index is 13.5. The molecule has 4 atom stereocenters. The molecule has 0 bridgehead atoms. The van der Waals surface area contributed by atoms with Crippen molar-refractivity contribution in [2.24, 2.45) is 17.8 Å². The van der Waals surface area contributed by atoms with Gasteiger partial charge in [-0.15, -0.1) is 0 Å². The molecule has 11 nitrogen and oxygen atoms in total. The second-order valence-corrected chi connectivity index (χ2v) is 13.0. The average molecular weight is 604 g/mol. The summed E-state index contributed by atoms with van der Waals surface area (Å²) in [6.07, 6.45) is 4.28. The van der Waals surface area contributed by atoms with Crippen LogP contribution in [0.1, 0.15) is 88.9 Å². The zero-order valence-electron chi connectivity index (χ0n) is 26.6. The standard InChI is InChI=1S/C33H45N7O4/c1-18(2)21(6)31(41)39-12-8-9-26(39)30-36-24-11-10-22(15-25(24)37-30)14-23-16-34-29(35-23)27-13-20(5)17-40(27)32(42)28(19(3)4)38-33(43)44-7/h10-11,15-16,18-19,21,26-28H,5,8-9,12-14,17H2,1-4,6-7H3,(H,34,35)(H,36,37)(H,38,43)/t21-,26-,27-,28-/m0/s1. The highest BCUT2D eigenvalue weighted by atomic mass is 16.5. The number of nitrogens with one attached hydrogen (secondary N) is 3. The minimum Gasteiger partial charge on any atom is -0.453 e. The van der Waals surface area contributed by atoms with Gasteiger partial charge in [0.15, 0.2) is 0 Å². The second kappa shape index (κ2) is 12.8. The SMILES string of the molecule is C=C1C[C@@H](c2ncc(Cc3ccc4nc([C@@H]5CCCN5C(=O)[C@@H](C)C(C)C)[nH]c4c3)[nH]2)N(C(=O)[C@@H](NC(=O)OC)C(C)C)C1. The number of aromatic nitrogens is 4. The fraction of sp³-hybridized carbons (Fsp3) is 0.545. The van der Waals surface area contributed by atoms with Crippen LogP contribution in [0.3, 0.4) is 0 Å². The highest BCUT2D eigenvalue weighted by Crippen LogP contribution is 2.35. The van der Waals surface area contributed by atoms with Crippen molar-refractivity contribution in [3.05, 3.63) is 59.5 Å². The molecule has 11 heteroatoms. The largest absolute Gasteiger partial charge is 0.453 e. The number of nitrogens with zero attached hydrogens (tertiary/aromatic N) is 4. The lowest BCUT2D eigenvalue weighted by molar-refractivity contribution is -0.137. The first kappa shape index (κ1) is 31.3. The summed E-state index contributed by atoms with van der Waals surface area (Å²) >= 11 is 0. The number of H-pyrrole nitrogens is 2. The van der Waals surface area contributed by atoms with Gasteiger partial charge >= 0.3 is 6.09 Å². The molecule has 1 aromatic carbocycles. The molecule has 3 amide bonds. The molecule has 0 aliphatic carbocycles. The van der Waals surface area contributed by atoms with Crippen LogP contribution in [-0.2, 0) is 20.7 Å². The quantitative estimate of drug-likeness (QED) is 0.293. The van der Waals surface area contributed by atoms with E-state index in [9.17, 15) is 14.4 Å². The number of aromatic amines is 2. The van der Waals surface area contributed by atoms with Crippen LogP contribution in [0, 0.1) is 17.8 Å². The average Bonchev–Trinajstić information content (AvgIpc) is 3.79. The molecule has 3 aromatic rings. The molecule has 2 fully saturated rings. The van der Waals surface area contributed by atoms with E-state index in [-0.39, 0.29) is 35.7 Å². The maximum Gasteiger partial charge on any atom is 0.407 e. The Labute approximate surface area is 258 Å². The third-order valence-corrected chi connectivity index (χ3v) is 9.09. The minimum absolute atomic E-state index is 0.0217. The number of hydrogen-bond acceptors (Lipinski definition) is 6. The van der Waals surface area contributed by atoms with E-state index in [0.29, 0.717) is 31.1 Å². The van der Waals surface area contributed by atoms with E-state index in [1.54, 1.807) is 4.90 Å². The number of methoxy groups -OCH3 is 1. The first-order valence-corrected chi connectivity index (χ1v) is 15.6. The molecule has 44 heavy (non-hydrogen) atoms. The van der Waals surface area contributed by atoms with E-state index in [4.69, 9.17) is 9.72 Å². The first-order valence-electron chi connectivity index (χ1n) is 15.6. The molecule has 2 aliphatic rings. The number of benzene rings is 1. The predicted molar refractivity (Wildman–Crippen MR) is 168 cm³/mol. The molecule has 4 heterocycles. The third kappa shape index (κ3) is 6.37. The van der Waals surface area contributed by atoms with Crippen LogP contribution in [0.25, 0.3) is 11.0 Å². The Morgan fingerprint density at radius 1 is 1.05 bits per heavy atom. The van der Waals surface area contributed by atoms with E-state index in [0.717, 1.165) is 53.1 Å². The smallest absolute Gasteiger partial charge is 0.407 e. The van der Waals surface area contributed by atoms with Gasteiger partial charge in [-0.1, -0.05) is 52.8 Å². The summed E-state index contributed by atoms with van der Waals surface area (Å²) in [5, 5.41) is 2.68. The van der Waals surface area contributed by atoms with Gasteiger partial charge < -0.3 is 29.8 Å². The van der Waals surface area contributed by atoms with Crippen molar-refractivity contribution >= 4 is 28.9 Å². The van der Waals surface area contributed by atoms with E-state index in [1.807, 2.05) is 37.9 Å². The molecule has 0 saturated carbocycles. The van der Waals surface area contributed by atoms with E-state index in [1.165, 1.54) is 7.11 Å². The molecular formula is C33H45N7O4. The number of ether oxygens (including phenoxy) is 1. The summed E-state index contributed by atoms with van der Waals surface area (Å²) in [5.74, 6) is 1.70. The Hall–Kier alpha value is -4.15. The van der Waals surface area contributed by atoms with Gasteiger partial charge in [0.25, 0.3) is 0 Å². The summed E-state index contributed by atoms with van der Waals surface area (Å²) in [7, 11) is 1.28. The number of carbonyl (C=O) groups is 3. The van der Waals surface area contributed by atoms with Crippen LogP contribution in [-0.4, -0.2) is 73.9 Å². The summed E-state index contributed by atoms with van der Waals surface area (Å²) in [6, 6.07) is 5.14. The molecule has 5 rings (SSSR count). The lowest BCUT2D eigenvalue weighted by Crippen LogP contribution is -2.51. The van der Waals surface area contributed by atoms with E-state index in [2.05, 4.69) is 52.8 Å². The minimum atomic E-state index is -0.718. The molecular weight excluding hydrogens is 558 g/mol. The summed E-state index contributed by atoms with van der Waals surface area (Å²) in [4.78, 5) is 58.8. The fourth-order valence-corrected chi connectivity index (χ4v) is 6.21. The van der Waals surface area contributed by atoms with Crippen LogP contribution in [0.5, 0.6) is 0 Å². The van der Waals surface area contributed by atoms with Crippen LogP contribution in [0.15, 0.2) is 36.5 Å². The Morgan fingerprint density at radius 3 is 2.52 bits per heavy atom. The van der Waals surface area contributed by atoms with Gasteiger partial charge in [0, 0.05) is 37.3 Å². The van der Waals surface area contributed by atoms with Crippen LogP contribution in [0.2, 0.25) is 0 Å². The van der Waals surface area contributed by atoms with Crippen molar-refractivity contribution in [3.8, 4) is 0 Å². The Kier molecular flexibility index (Phi) is 9.12. The molecule has 0 radical (unpaired) electrons. The van der Waals surface area contributed by atoms with Gasteiger partial charge in [-0.25, -0.2) is 14.8 Å². The third-order valence-electron chi connectivity index (χ3n) is 9.09. The van der Waals surface area contributed by atoms with Gasteiger partial charge in [-0.2, -0.15) is 0 Å². The lowest BCUT2D eigenvalue weighted by atomic mass is 9.96. The van der Waals surface area contributed by atoms with Crippen molar-refractivity contribution in [2.45, 2.75) is 78.4 Å². The van der Waals surface area contributed by atoms with Gasteiger partial charge in [0.1, 0.15) is 17.7 Å². The number of alkyl carbamates (subject to hydrolysis) is 1. The number of rotatable bonds is 9. The molecule has 2 aliphatic heterocycles. The fourth-order valence-electron chi connectivity index (χ4n) is 6.21. The second-order valence-electron chi connectivity index (χ2n) is 13.0. The Bertz CT molecular complexity index is 1540. The molecule has 3 N–H and O–H groups in total. The number of likely N-dealkylation sites (tertiary alicyclic amines) is 2. The molecule has 2 aromatic heterocycles. The highest BCUT2D eigenvalue weighted by Gasteiger charge is 2.39. The number of amides is 3. The zero-order chi connectivity index (χ0) is 31.7. The van der Waals surface area contributed by atoms with E-state index >= 15 is 0 Å². The maximum atomic E-state index is 13.5. The molecule has 0 unspecified atom stereocenters. The van der Waals surface area contributed by atoms with Crippen LogP contribution < -0.4 is 5.32 Å². The summed E-state index contributed by atoms with van der Waals surface area (Å²) < 4.78 is 4.74. The first-order chi connectivity index (χ1) is 21.0. The van der Waals surface area contributed by atoms with Crippen LogP contribution >= 0.6 is 0 Å². The van der Waals surface area contributed by atoms with Crippen molar-refractivity contribution in [3.63, 3.8) is 0 Å². The van der Waals surface area contributed by atoms with Gasteiger partial charge in [0.05, 0.1) is 30.2 Å². The van der Waals surface area contributed by atoms with Gasteiger partial charge in [-0.05, 0) is 48.8 Å². The van der Waals surface area contributed by atoms with Crippen molar-refractivity contribution < 1.29 is 19.1 Å². The number of fused-ring (bicyclic) bond motifs is 1. The molecule has 0 spiro atoms. The monoisotopic (exact) mass is 603 g/mol. The Balaban J connectivity index is 1.30. The highest BCUT2D eigenvalue weighted by molar-refractivity contribution is 5.87. The predicted octanol–water partition coefficient (Wildman–Crippen LogP) is 5.04. The summed E-state index contributed by atoms with van der Waals surface area (Å²) in [5.41, 5.74) is 4.76. The number of hydrogen-bond donors (Lipinski definition) is 3. The van der Waals surface area contributed by atoms with Crippen molar-refractivity contribution in [2.75, 3.05) is 20.2 Å². The zero-order valence-corrected chi connectivity index (χ0v) is 26.6. The number of imidazole rings is 2. The van der Waals surface area contributed by atoms with Gasteiger partial charge in [-0.3, -0.25) is 9.59 Å². The topological polar surface area (TPSA) is 136 Å². The van der Waals surface area contributed by atoms with Crippen molar-refractivity contribution in [1.82, 2.24) is 35.1 Å². The Morgan fingerprint density at radius 2 is 1.82 bits per heavy atom. The molecule has 2 saturated heterocycles. The van der Waals surface area contributed by atoms with Crippen LogP contribution in [0.4, 0.5) is 4.79 Å². The normalized spacial score (nSPS) is 20.1.